The molecule has 0 unspecified atom stereocenters. The van der Waals surface area contributed by atoms with Gasteiger partial charge < -0.3 is 15.1 Å². The maximum absolute atomic E-state index is 12.0. The number of nitrogens with one attached hydrogen (secondary N) is 2. The number of benzene rings is 1. The maximum atomic E-state index is 12.0. The van der Waals surface area contributed by atoms with Gasteiger partial charge in [-0.25, -0.2) is 0 Å². The first-order valence-corrected chi connectivity index (χ1v) is 9.98. The minimum atomic E-state index is -0.745. The quantitative estimate of drug-likeness (QED) is 0.609. The molecular weight excluding hydrogens is 348 g/mol. The van der Waals surface area contributed by atoms with Gasteiger partial charge in [0.2, 0.25) is 0 Å². The average molecular weight is 372 g/mol. The zero-order chi connectivity index (χ0) is 18.5. The number of thioether (sulfide) groups is 1. The standard InChI is InChI=1S/C17H18N2OS.C3H6O2/c20-17-16-13(8-9-18-16)14-10-12(6-7-15(14)19-17)21-11-4-2-1-3-5-11;1-2-3(4)5/h6-11,18H,1-5H2,(H,19,20);2H2,1H3,(H,4,5). The molecule has 0 radical (unpaired) electrons. The average Bonchev–Trinajstić information content (AvgIpc) is 3.14. The van der Waals surface area contributed by atoms with Gasteiger partial charge in [-0.1, -0.05) is 26.2 Å². The Morgan fingerprint density at radius 3 is 2.62 bits per heavy atom. The van der Waals surface area contributed by atoms with Gasteiger partial charge in [0.15, 0.2) is 0 Å². The lowest BCUT2D eigenvalue weighted by Crippen LogP contribution is -2.08. The van der Waals surface area contributed by atoms with Gasteiger partial charge in [-0.15, -0.1) is 11.8 Å². The fraction of sp³-hybridized carbons (Fsp3) is 0.400. The van der Waals surface area contributed by atoms with Crippen LogP contribution in [-0.4, -0.2) is 26.3 Å². The van der Waals surface area contributed by atoms with Crippen molar-refractivity contribution in [1.29, 1.82) is 0 Å². The summed E-state index contributed by atoms with van der Waals surface area (Å²) in [7, 11) is 0. The summed E-state index contributed by atoms with van der Waals surface area (Å²) in [5, 5.41) is 10.6. The van der Waals surface area contributed by atoms with E-state index in [4.69, 9.17) is 5.11 Å². The number of hydrogen-bond acceptors (Lipinski definition) is 3. The fourth-order valence-corrected chi connectivity index (χ4v) is 4.56. The summed E-state index contributed by atoms with van der Waals surface area (Å²) in [6, 6.07) is 8.38. The predicted molar refractivity (Wildman–Crippen MR) is 107 cm³/mol. The molecule has 4 rings (SSSR count). The lowest BCUT2D eigenvalue weighted by Gasteiger charge is -2.21. The van der Waals surface area contributed by atoms with Crippen LogP contribution in [0.4, 0.5) is 0 Å². The molecule has 3 aromatic rings. The maximum Gasteiger partial charge on any atom is 0.303 e. The number of pyridine rings is 1. The van der Waals surface area contributed by atoms with E-state index in [2.05, 4.69) is 22.1 Å². The monoisotopic (exact) mass is 372 g/mol. The second-order valence-electron chi connectivity index (χ2n) is 6.55. The first-order chi connectivity index (χ1) is 12.6. The highest BCUT2D eigenvalue weighted by Crippen LogP contribution is 2.35. The zero-order valence-corrected chi connectivity index (χ0v) is 15.7. The van der Waals surface area contributed by atoms with Crippen LogP contribution in [0.3, 0.4) is 0 Å². The molecule has 1 aliphatic rings. The second-order valence-corrected chi connectivity index (χ2v) is 7.93. The zero-order valence-electron chi connectivity index (χ0n) is 14.9. The van der Waals surface area contributed by atoms with Crippen molar-refractivity contribution in [2.75, 3.05) is 0 Å². The summed E-state index contributed by atoms with van der Waals surface area (Å²) in [5.41, 5.74) is 1.54. The largest absolute Gasteiger partial charge is 0.481 e. The van der Waals surface area contributed by atoms with Crippen LogP contribution in [0.15, 0.2) is 40.2 Å². The molecule has 6 heteroatoms. The number of H-pyrrole nitrogens is 2. The summed E-state index contributed by atoms with van der Waals surface area (Å²) in [6.07, 6.45) is 8.82. The predicted octanol–water partition coefficient (Wildman–Crippen LogP) is 4.92. The number of aliphatic carboxylic acids is 1. The molecule has 2 heterocycles. The van der Waals surface area contributed by atoms with E-state index in [0.29, 0.717) is 5.52 Å². The van der Waals surface area contributed by atoms with Gasteiger partial charge in [-0.05, 0) is 37.1 Å². The van der Waals surface area contributed by atoms with Crippen molar-refractivity contribution in [3.8, 4) is 0 Å². The topological polar surface area (TPSA) is 85.9 Å². The minimum Gasteiger partial charge on any atom is -0.481 e. The Morgan fingerprint density at radius 1 is 1.19 bits per heavy atom. The highest BCUT2D eigenvalue weighted by molar-refractivity contribution is 8.00. The Labute approximate surface area is 156 Å². The number of hydrogen-bond donors (Lipinski definition) is 3. The highest BCUT2D eigenvalue weighted by Gasteiger charge is 2.15. The summed E-state index contributed by atoms with van der Waals surface area (Å²) in [5.74, 6) is -0.745. The Hall–Kier alpha value is -2.21. The highest BCUT2D eigenvalue weighted by atomic mass is 32.2. The second kappa shape index (κ2) is 8.45. The van der Waals surface area contributed by atoms with E-state index in [0.717, 1.165) is 21.5 Å². The van der Waals surface area contributed by atoms with Crippen molar-refractivity contribution in [3.05, 3.63) is 40.8 Å². The molecular formula is C20H24N2O3S. The van der Waals surface area contributed by atoms with Crippen molar-refractivity contribution in [1.82, 2.24) is 9.97 Å². The lowest BCUT2D eigenvalue weighted by molar-refractivity contribution is -0.136. The van der Waals surface area contributed by atoms with E-state index in [-0.39, 0.29) is 12.0 Å². The number of aromatic amines is 2. The number of rotatable bonds is 3. The molecule has 0 spiro atoms. The van der Waals surface area contributed by atoms with Crippen LogP contribution in [0, 0.1) is 0 Å². The van der Waals surface area contributed by atoms with E-state index < -0.39 is 5.97 Å². The number of carboxylic acid groups (broad SMARTS) is 1. The molecule has 2 aromatic heterocycles. The van der Waals surface area contributed by atoms with Gasteiger partial charge in [0.25, 0.3) is 5.56 Å². The molecule has 0 amide bonds. The van der Waals surface area contributed by atoms with Crippen LogP contribution >= 0.6 is 11.8 Å². The first-order valence-electron chi connectivity index (χ1n) is 9.10. The Kier molecular flexibility index (Phi) is 6.04. The molecule has 1 saturated carbocycles. The Morgan fingerprint density at radius 2 is 1.92 bits per heavy atom. The Balaban J connectivity index is 0.000000349. The summed E-state index contributed by atoms with van der Waals surface area (Å²) in [4.78, 5) is 28.6. The molecule has 0 aliphatic heterocycles. The molecule has 1 aromatic carbocycles. The van der Waals surface area contributed by atoms with E-state index in [1.807, 2.05) is 30.1 Å². The number of aromatic nitrogens is 2. The van der Waals surface area contributed by atoms with Crippen LogP contribution in [0.25, 0.3) is 21.8 Å². The third-order valence-electron chi connectivity index (χ3n) is 4.66. The van der Waals surface area contributed by atoms with Gasteiger partial charge in [0, 0.05) is 39.1 Å². The van der Waals surface area contributed by atoms with Gasteiger partial charge in [0.1, 0.15) is 5.52 Å². The summed E-state index contributed by atoms with van der Waals surface area (Å²) < 4.78 is 0. The Bertz CT molecular complexity index is 954. The smallest absolute Gasteiger partial charge is 0.303 e. The van der Waals surface area contributed by atoms with Crippen molar-refractivity contribution in [2.45, 2.75) is 55.6 Å². The van der Waals surface area contributed by atoms with Gasteiger partial charge in [-0.2, -0.15) is 0 Å². The molecule has 0 bridgehead atoms. The summed E-state index contributed by atoms with van der Waals surface area (Å²) >= 11 is 1.99. The van der Waals surface area contributed by atoms with Crippen LogP contribution < -0.4 is 5.56 Å². The van der Waals surface area contributed by atoms with Crippen LogP contribution in [0.5, 0.6) is 0 Å². The normalized spacial score (nSPS) is 15.0. The molecule has 5 nitrogen and oxygen atoms in total. The van der Waals surface area contributed by atoms with Crippen molar-refractivity contribution >= 4 is 39.5 Å². The SMILES string of the molecule is CCC(=O)O.O=c1[nH]c2ccc(SC3CCCCC3)cc2c2cc[nH]c12. The molecule has 26 heavy (non-hydrogen) atoms. The molecule has 138 valence electrons. The van der Waals surface area contributed by atoms with Crippen molar-refractivity contribution in [3.63, 3.8) is 0 Å². The van der Waals surface area contributed by atoms with E-state index >= 15 is 0 Å². The molecule has 1 aliphatic carbocycles. The van der Waals surface area contributed by atoms with Crippen molar-refractivity contribution < 1.29 is 9.90 Å². The molecule has 3 N–H and O–H groups in total. The number of carbonyl (C=O) groups is 1. The number of carboxylic acids is 1. The van der Waals surface area contributed by atoms with Gasteiger partial charge in [-0.3, -0.25) is 9.59 Å². The lowest BCUT2D eigenvalue weighted by atomic mass is 10.0. The molecule has 0 saturated heterocycles. The summed E-state index contributed by atoms with van der Waals surface area (Å²) in [6.45, 7) is 1.60. The van der Waals surface area contributed by atoms with E-state index in [9.17, 15) is 9.59 Å². The third-order valence-corrected chi connectivity index (χ3v) is 5.99. The molecule has 0 atom stereocenters. The third kappa shape index (κ3) is 4.30. The van der Waals surface area contributed by atoms with Crippen LogP contribution in [0.2, 0.25) is 0 Å². The van der Waals surface area contributed by atoms with Crippen LogP contribution in [0.1, 0.15) is 45.4 Å². The van der Waals surface area contributed by atoms with Gasteiger partial charge >= 0.3 is 5.97 Å². The minimum absolute atomic E-state index is 0.0461. The fourth-order valence-electron chi connectivity index (χ4n) is 3.27. The first kappa shape index (κ1) is 18.6. The van der Waals surface area contributed by atoms with Crippen LogP contribution in [-0.2, 0) is 4.79 Å². The molecule has 1 fully saturated rings. The van der Waals surface area contributed by atoms with E-state index in [1.54, 1.807) is 6.92 Å². The van der Waals surface area contributed by atoms with Crippen molar-refractivity contribution in [2.24, 2.45) is 0 Å². The van der Waals surface area contributed by atoms with E-state index in [1.165, 1.54) is 37.0 Å². The number of fused-ring (bicyclic) bond motifs is 3. The van der Waals surface area contributed by atoms with Gasteiger partial charge in [0.05, 0.1) is 0 Å².